The lowest BCUT2D eigenvalue weighted by Gasteiger charge is -2.25. The van der Waals surface area contributed by atoms with E-state index in [4.69, 9.17) is 4.84 Å². The number of carbonyl (C=O) groups is 1. The number of benzene rings is 1. The van der Waals surface area contributed by atoms with E-state index in [0.29, 0.717) is 12.2 Å². The van der Waals surface area contributed by atoms with Gasteiger partial charge in [0.15, 0.2) is 0 Å². The number of nitrogens with zero attached hydrogens (tertiary/aromatic N) is 4. The van der Waals surface area contributed by atoms with Crippen LogP contribution >= 0.6 is 0 Å². The van der Waals surface area contributed by atoms with Crippen LogP contribution in [-0.2, 0) is 16.1 Å². The van der Waals surface area contributed by atoms with Crippen molar-refractivity contribution in [1.29, 1.82) is 0 Å². The fourth-order valence-corrected chi connectivity index (χ4v) is 4.59. The number of rotatable bonds is 11. The number of carbonyl (C=O) groups excluding carboxylic acids is 1. The Labute approximate surface area is 215 Å². The summed E-state index contributed by atoms with van der Waals surface area (Å²) in [5.74, 6) is -0.430. The van der Waals surface area contributed by atoms with E-state index in [-0.39, 0.29) is 6.42 Å². The maximum atomic E-state index is 12.4. The zero-order chi connectivity index (χ0) is 26.3. The van der Waals surface area contributed by atoms with Crippen molar-refractivity contribution in [2.24, 2.45) is 5.16 Å². The largest absolute Gasteiger partial charge is 0.396 e. The van der Waals surface area contributed by atoms with Crippen molar-refractivity contribution in [3.8, 4) is 11.3 Å². The summed E-state index contributed by atoms with van der Waals surface area (Å²) in [5, 5.41) is 4.28. The van der Waals surface area contributed by atoms with Crippen LogP contribution in [0, 0.1) is 0 Å². The first-order valence-electron chi connectivity index (χ1n) is 12.8. The van der Waals surface area contributed by atoms with E-state index in [2.05, 4.69) is 15.0 Å². The minimum absolute atomic E-state index is 0.0293. The summed E-state index contributed by atoms with van der Waals surface area (Å²) in [6.07, 6.45) is 2.55. The number of oxime groups is 1. The van der Waals surface area contributed by atoms with Gasteiger partial charge in [0.2, 0.25) is 0 Å². The molecule has 0 aliphatic carbocycles. The Balaban J connectivity index is 1.36. The quantitative estimate of drug-likeness (QED) is 0.177. The maximum absolute atomic E-state index is 12.4. The van der Waals surface area contributed by atoms with Crippen LogP contribution in [0.2, 0.25) is 0 Å². The van der Waals surface area contributed by atoms with Crippen molar-refractivity contribution in [2.75, 3.05) is 26.2 Å². The third-order valence-corrected chi connectivity index (χ3v) is 6.60. The Morgan fingerprint density at radius 1 is 1.14 bits per heavy atom. The summed E-state index contributed by atoms with van der Waals surface area (Å²) in [6.45, 7) is 5.89. The second-order valence-electron chi connectivity index (χ2n) is 9.58. The van der Waals surface area contributed by atoms with Gasteiger partial charge >= 0.3 is 6.18 Å². The highest BCUT2D eigenvalue weighted by atomic mass is 19.4. The molecule has 0 spiro atoms. The van der Waals surface area contributed by atoms with Crippen molar-refractivity contribution in [3.63, 3.8) is 0 Å². The number of halogens is 3. The summed E-state index contributed by atoms with van der Waals surface area (Å²) < 4.78 is 39.2. The van der Waals surface area contributed by atoms with Gasteiger partial charge in [-0.1, -0.05) is 29.8 Å². The molecular formula is C28H33F3N4O2. The molecule has 9 heteroatoms. The molecule has 0 saturated carbocycles. The molecule has 3 aromatic rings. The molecule has 0 unspecified atom stereocenters. The zero-order valence-electron chi connectivity index (χ0n) is 21.1. The molecular weight excluding hydrogens is 481 g/mol. The molecule has 0 atom stereocenters. The van der Waals surface area contributed by atoms with Crippen LogP contribution in [-0.4, -0.2) is 58.2 Å². The number of pyridine rings is 1. The molecule has 1 saturated heterocycles. The molecule has 1 aromatic carbocycles. The van der Waals surface area contributed by atoms with Crippen molar-refractivity contribution in [3.05, 3.63) is 59.9 Å². The van der Waals surface area contributed by atoms with Crippen molar-refractivity contribution < 1.29 is 22.8 Å². The number of Topliss-reactive ketones (excluding diaryl/α,β-unsaturated/α-hetero) is 1. The summed E-state index contributed by atoms with van der Waals surface area (Å²) in [4.78, 5) is 24.6. The molecule has 0 N–H and O–H groups in total. The average molecular weight is 515 g/mol. The third-order valence-electron chi connectivity index (χ3n) is 6.60. The second-order valence-corrected chi connectivity index (χ2v) is 9.58. The van der Waals surface area contributed by atoms with Gasteiger partial charge in [-0.15, -0.1) is 0 Å². The molecule has 1 aliphatic rings. The molecule has 6 nitrogen and oxygen atoms in total. The molecule has 2 aromatic heterocycles. The average Bonchev–Trinajstić information content (AvgIpc) is 3.31. The summed E-state index contributed by atoms with van der Waals surface area (Å²) in [6, 6.07) is 11.2. The molecule has 0 bridgehead atoms. The van der Waals surface area contributed by atoms with Crippen LogP contribution in [0.15, 0.2) is 53.9 Å². The van der Waals surface area contributed by atoms with Gasteiger partial charge in [0, 0.05) is 36.7 Å². The number of imidazole rings is 1. The Morgan fingerprint density at radius 3 is 2.73 bits per heavy atom. The Hall–Kier alpha value is -3.20. The lowest BCUT2D eigenvalue weighted by Crippen LogP contribution is -2.31. The number of likely N-dealkylation sites (tertiary alicyclic amines) is 1. The number of piperidine rings is 1. The number of fused-ring (bicyclic) bond motifs is 1. The van der Waals surface area contributed by atoms with Gasteiger partial charge in [0.25, 0.3) is 0 Å². The number of ketones is 1. The molecule has 4 rings (SSSR count). The number of alkyl halides is 3. The Morgan fingerprint density at radius 2 is 1.95 bits per heavy atom. The van der Waals surface area contributed by atoms with Gasteiger partial charge in [-0.05, 0) is 63.0 Å². The molecule has 0 amide bonds. The highest BCUT2D eigenvalue weighted by Gasteiger charge is 2.27. The predicted molar refractivity (Wildman–Crippen MR) is 138 cm³/mol. The second kappa shape index (κ2) is 12.4. The first-order chi connectivity index (χ1) is 17.8. The van der Waals surface area contributed by atoms with Crippen LogP contribution in [0.25, 0.3) is 16.9 Å². The van der Waals surface area contributed by atoms with E-state index >= 15 is 0 Å². The van der Waals surface area contributed by atoms with Crippen LogP contribution < -0.4 is 0 Å². The number of aromatic nitrogens is 2. The minimum atomic E-state index is -4.32. The fraction of sp³-hybridized carbons (Fsp3) is 0.464. The standard InChI is InChI=1S/C28H33F3N4O2/c1-21(33-37-16-6-14-34-12-3-2-4-13-34)23-10-15-35-26(20-32-27(35)19-23)24-8-5-7-22(17-24)18-25(36)9-11-28(29,30)31/h5,7-8,10,15,17,19-20H,2-4,6,9,11-14,16,18H2,1H3/b33-21+. The van der Waals surface area contributed by atoms with Gasteiger partial charge in [0.05, 0.1) is 24.0 Å². The van der Waals surface area contributed by atoms with Crippen LogP contribution in [0.1, 0.15) is 56.6 Å². The summed E-state index contributed by atoms with van der Waals surface area (Å²) in [5.41, 5.74) is 4.75. The fourth-order valence-electron chi connectivity index (χ4n) is 4.59. The van der Waals surface area contributed by atoms with Crippen LogP contribution in [0.5, 0.6) is 0 Å². The monoisotopic (exact) mass is 514 g/mol. The van der Waals surface area contributed by atoms with E-state index in [0.717, 1.165) is 41.1 Å². The highest BCUT2D eigenvalue weighted by molar-refractivity contribution is 5.99. The van der Waals surface area contributed by atoms with Gasteiger partial charge in [0.1, 0.15) is 18.0 Å². The van der Waals surface area contributed by atoms with Gasteiger partial charge < -0.3 is 9.74 Å². The topological polar surface area (TPSA) is 59.2 Å². The smallest absolute Gasteiger partial charge is 0.389 e. The number of hydrogen-bond acceptors (Lipinski definition) is 5. The van der Waals surface area contributed by atoms with Crippen molar-refractivity contribution in [1.82, 2.24) is 14.3 Å². The first kappa shape index (κ1) is 26.9. The van der Waals surface area contributed by atoms with Gasteiger partial charge in [-0.25, -0.2) is 4.98 Å². The lowest BCUT2D eigenvalue weighted by atomic mass is 10.0. The van der Waals surface area contributed by atoms with Gasteiger partial charge in [-0.3, -0.25) is 9.20 Å². The molecule has 3 heterocycles. The van der Waals surface area contributed by atoms with Gasteiger partial charge in [-0.2, -0.15) is 13.2 Å². The Kier molecular flexibility index (Phi) is 8.97. The predicted octanol–water partition coefficient (Wildman–Crippen LogP) is 6.07. The number of hydrogen-bond donors (Lipinski definition) is 0. The summed E-state index contributed by atoms with van der Waals surface area (Å²) in [7, 11) is 0. The van der Waals surface area contributed by atoms with Crippen molar-refractivity contribution >= 4 is 17.1 Å². The van der Waals surface area contributed by atoms with E-state index in [9.17, 15) is 18.0 Å². The highest BCUT2D eigenvalue weighted by Crippen LogP contribution is 2.25. The molecule has 0 radical (unpaired) electrons. The van der Waals surface area contributed by atoms with E-state index in [1.807, 2.05) is 41.8 Å². The molecule has 1 fully saturated rings. The SMILES string of the molecule is C/C(=N\OCCCN1CCCCC1)c1ccn2c(-c3cccc(CC(=O)CCC(F)(F)F)c3)cnc2c1. The van der Waals surface area contributed by atoms with E-state index in [1.165, 1.54) is 32.4 Å². The molecule has 37 heavy (non-hydrogen) atoms. The summed E-state index contributed by atoms with van der Waals surface area (Å²) >= 11 is 0. The molecule has 1 aliphatic heterocycles. The Bertz CT molecular complexity index is 1230. The third kappa shape index (κ3) is 7.89. The minimum Gasteiger partial charge on any atom is -0.396 e. The lowest BCUT2D eigenvalue weighted by molar-refractivity contribution is -0.143. The van der Waals surface area contributed by atoms with E-state index in [1.54, 1.807) is 18.3 Å². The van der Waals surface area contributed by atoms with Crippen LogP contribution in [0.3, 0.4) is 0 Å². The normalized spacial score (nSPS) is 15.3. The molecule has 198 valence electrons. The maximum Gasteiger partial charge on any atom is 0.389 e. The van der Waals surface area contributed by atoms with Crippen LogP contribution in [0.4, 0.5) is 13.2 Å². The van der Waals surface area contributed by atoms with E-state index < -0.39 is 24.8 Å². The van der Waals surface area contributed by atoms with Crippen molar-refractivity contribution in [2.45, 2.75) is 58.0 Å². The first-order valence-corrected chi connectivity index (χ1v) is 12.8. The zero-order valence-corrected chi connectivity index (χ0v) is 21.1.